The fraction of sp³-hybridized carbons (Fsp3) is 0.435. The van der Waals surface area contributed by atoms with E-state index >= 15 is 0 Å². The molecule has 0 unspecified atom stereocenters. The van der Waals surface area contributed by atoms with Crippen molar-refractivity contribution in [2.24, 2.45) is 5.92 Å². The molecule has 2 aromatic carbocycles. The van der Waals surface area contributed by atoms with Crippen LogP contribution in [0.4, 0.5) is 5.69 Å². The highest BCUT2D eigenvalue weighted by Crippen LogP contribution is 2.25. The molecule has 2 aromatic rings. The van der Waals surface area contributed by atoms with E-state index < -0.39 is 10.0 Å². The Morgan fingerprint density at radius 2 is 1.73 bits per heavy atom. The number of anilines is 1. The van der Waals surface area contributed by atoms with Crippen molar-refractivity contribution in [1.29, 1.82) is 0 Å². The van der Waals surface area contributed by atoms with E-state index in [4.69, 9.17) is 4.74 Å². The Labute approximate surface area is 180 Å². The van der Waals surface area contributed by atoms with Crippen molar-refractivity contribution >= 4 is 21.6 Å². The van der Waals surface area contributed by atoms with Crippen LogP contribution in [0.15, 0.2) is 59.5 Å². The van der Waals surface area contributed by atoms with E-state index in [2.05, 4.69) is 19.2 Å². The van der Waals surface area contributed by atoms with Crippen LogP contribution in [0.2, 0.25) is 0 Å². The molecule has 1 N–H and O–H groups in total. The summed E-state index contributed by atoms with van der Waals surface area (Å²) >= 11 is 0. The zero-order valence-electron chi connectivity index (χ0n) is 18.0. The highest BCUT2D eigenvalue weighted by atomic mass is 32.2. The Morgan fingerprint density at radius 3 is 2.30 bits per heavy atom. The number of unbranched alkanes of at least 4 members (excludes halogenated alkanes) is 1. The standard InChI is InChI=1S/C23H32N2O4S/c1-4-6-10-19(5-2)17-24-23(26)18-25(20-13-15-21(29-3)16-14-20)30(27,28)22-11-8-7-9-12-22/h7-9,11-16,19H,4-6,10,17-18H2,1-3H3,(H,24,26)/t19-/m0/s1. The van der Waals surface area contributed by atoms with Gasteiger partial charge in [0.15, 0.2) is 0 Å². The van der Waals surface area contributed by atoms with Crippen molar-refractivity contribution in [1.82, 2.24) is 5.32 Å². The second-order valence-corrected chi connectivity index (χ2v) is 9.11. The van der Waals surface area contributed by atoms with Crippen molar-refractivity contribution in [2.75, 3.05) is 24.5 Å². The summed E-state index contributed by atoms with van der Waals surface area (Å²) in [6.45, 7) is 4.52. The van der Waals surface area contributed by atoms with Crippen LogP contribution in [-0.4, -0.2) is 34.5 Å². The van der Waals surface area contributed by atoms with Gasteiger partial charge in [-0.3, -0.25) is 9.10 Å². The summed E-state index contributed by atoms with van der Waals surface area (Å²) in [5.74, 6) is 0.691. The zero-order valence-corrected chi connectivity index (χ0v) is 18.8. The van der Waals surface area contributed by atoms with Gasteiger partial charge in [-0.2, -0.15) is 0 Å². The van der Waals surface area contributed by atoms with Crippen LogP contribution in [0.25, 0.3) is 0 Å². The molecule has 0 aromatic heterocycles. The van der Waals surface area contributed by atoms with Crippen LogP contribution in [0.3, 0.4) is 0 Å². The number of hydrogen-bond donors (Lipinski definition) is 1. The number of benzene rings is 2. The van der Waals surface area contributed by atoms with E-state index in [1.807, 2.05) is 0 Å². The van der Waals surface area contributed by atoms with E-state index in [0.717, 1.165) is 30.0 Å². The van der Waals surface area contributed by atoms with E-state index in [0.29, 0.717) is 23.9 Å². The smallest absolute Gasteiger partial charge is 0.264 e. The lowest BCUT2D eigenvalue weighted by atomic mass is 9.99. The van der Waals surface area contributed by atoms with Crippen LogP contribution < -0.4 is 14.4 Å². The van der Waals surface area contributed by atoms with Gasteiger partial charge in [-0.05, 0) is 48.7 Å². The van der Waals surface area contributed by atoms with Crippen LogP contribution in [-0.2, 0) is 14.8 Å². The molecule has 0 spiro atoms. The first-order valence-corrected chi connectivity index (χ1v) is 11.8. The average molecular weight is 433 g/mol. The first-order valence-electron chi connectivity index (χ1n) is 10.4. The van der Waals surface area contributed by atoms with Crippen molar-refractivity contribution in [3.8, 4) is 5.75 Å². The second kappa shape index (κ2) is 11.6. The molecule has 0 bridgehead atoms. The molecule has 0 fully saturated rings. The van der Waals surface area contributed by atoms with Gasteiger partial charge < -0.3 is 10.1 Å². The average Bonchev–Trinajstić information content (AvgIpc) is 2.78. The summed E-state index contributed by atoms with van der Waals surface area (Å²) in [6, 6.07) is 14.8. The highest BCUT2D eigenvalue weighted by molar-refractivity contribution is 7.92. The number of ether oxygens (including phenoxy) is 1. The summed E-state index contributed by atoms with van der Waals surface area (Å²) in [6.07, 6.45) is 4.27. The van der Waals surface area contributed by atoms with Crippen LogP contribution in [0.1, 0.15) is 39.5 Å². The van der Waals surface area contributed by atoms with Crippen LogP contribution in [0, 0.1) is 5.92 Å². The first-order chi connectivity index (χ1) is 14.4. The molecule has 164 valence electrons. The third-order valence-corrected chi connectivity index (χ3v) is 6.90. The fourth-order valence-electron chi connectivity index (χ4n) is 3.17. The Bertz CT molecular complexity index is 883. The Balaban J connectivity index is 2.22. The maximum Gasteiger partial charge on any atom is 0.264 e. The van der Waals surface area contributed by atoms with Gasteiger partial charge in [0, 0.05) is 6.54 Å². The predicted octanol–water partition coefficient (Wildman–Crippen LogP) is 4.22. The number of nitrogens with zero attached hydrogens (tertiary/aromatic N) is 1. The molecular formula is C23H32N2O4S. The summed E-state index contributed by atoms with van der Waals surface area (Å²) in [5, 5.41) is 2.92. The normalized spacial score (nSPS) is 12.2. The number of nitrogens with one attached hydrogen (secondary N) is 1. The summed E-state index contributed by atoms with van der Waals surface area (Å²) in [4.78, 5) is 12.8. The van der Waals surface area contributed by atoms with Crippen molar-refractivity contribution in [3.63, 3.8) is 0 Å². The predicted molar refractivity (Wildman–Crippen MR) is 120 cm³/mol. The number of hydrogen-bond acceptors (Lipinski definition) is 4. The molecule has 6 nitrogen and oxygen atoms in total. The van der Waals surface area contributed by atoms with Gasteiger partial charge in [-0.15, -0.1) is 0 Å². The lowest BCUT2D eigenvalue weighted by Crippen LogP contribution is -2.42. The molecular weight excluding hydrogens is 400 g/mol. The van der Waals surface area contributed by atoms with E-state index in [9.17, 15) is 13.2 Å². The molecule has 0 saturated carbocycles. The lowest BCUT2D eigenvalue weighted by molar-refractivity contribution is -0.119. The van der Waals surface area contributed by atoms with Crippen LogP contribution in [0.5, 0.6) is 5.75 Å². The van der Waals surface area contributed by atoms with Gasteiger partial charge in [0.2, 0.25) is 5.91 Å². The van der Waals surface area contributed by atoms with E-state index in [-0.39, 0.29) is 17.3 Å². The topological polar surface area (TPSA) is 75.7 Å². The monoisotopic (exact) mass is 432 g/mol. The number of sulfonamides is 1. The molecule has 0 aliphatic carbocycles. The first kappa shape index (κ1) is 23.7. The van der Waals surface area contributed by atoms with Gasteiger partial charge in [0.1, 0.15) is 12.3 Å². The largest absolute Gasteiger partial charge is 0.497 e. The number of rotatable bonds is 12. The third kappa shape index (κ3) is 6.49. The van der Waals surface area contributed by atoms with E-state index in [1.54, 1.807) is 49.6 Å². The third-order valence-electron chi connectivity index (χ3n) is 5.11. The molecule has 1 amide bonds. The fourth-order valence-corrected chi connectivity index (χ4v) is 4.61. The molecule has 30 heavy (non-hydrogen) atoms. The van der Waals surface area contributed by atoms with Crippen molar-refractivity contribution in [3.05, 3.63) is 54.6 Å². The maximum atomic E-state index is 13.3. The minimum absolute atomic E-state index is 0.142. The summed E-state index contributed by atoms with van der Waals surface area (Å²) in [7, 11) is -2.35. The molecule has 0 aliphatic rings. The maximum absolute atomic E-state index is 13.3. The van der Waals surface area contributed by atoms with E-state index in [1.165, 1.54) is 12.1 Å². The molecule has 0 radical (unpaired) electrons. The van der Waals surface area contributed by atoms with Crippen molar-refractivity contribution < 1.29 is 17.9 Å². The SMILES string of the molecule is CCCC[C@H](CC)CNC(=O)CN(c1ccc(OC)cc1)S(=O)(=O)c1ccccc1. The Hall–Kier alpha value is -2.54. The summed E-state index contributed by atoms with van der Waals surface area (Å²) in [5.41, 5.74) is 0.410. The van der Waals surface area contributed by atoms with Gasteiger partial charge in [0.05, 0.1) is 17.7 Å². The minimum atomic E-state index is -3.90. The molecule has 1 atom stereocenters. The number of methoxy groups -OCH3 is 1. The molecule has 0 aliphatic heterocycles. The number of amides is 1. The quantitative estimate of drug-likeness (QED) is 0.545. The highest BCUT2D eigenvalue weighted by Gasteiger charge is 2.27. The molecule has 0 saturated heterocycles. The Kier molecular flexibility index (Phi) is 9.17. The Morgan fingerprint density at radius 1 is 1.07 bits per heavy atom. The number of carbonyl (C=O) groups excluding carboxylic acids is 1. The zero-order chi connectivity index (χ0) is 22.0. The lowest BCUT2D eigenvalue weighted by Gasteiger charge is -2.25. The van der Waals surface area contributed by atoms with Gasteiger partial charge in [-0.1, -0.05) is 51.3 Å². The minimum Gasteiger partial charge on any atom is -0.497 e. The van der Waals surface area contributed by atoms with Crippen LogP contribution >= 0.6 is 0 Å². The molecule has 2 rings (SSSR count). The second-order valence-electron chi connectivity index (χ2n) is 7.24. The molecule has 7 heteroatoms. The molecule has 0 heterocycles. The van der Waals surface area contributed by atoms with Crippen molar-refractivity contribution in [2.45, 2.75) is 44.4 Å². The number of carbonyl (C=O) groups is 1. The van der Waals surface area contributed by atoms with Gasteiger partial charge in [-0.25, -0.2) is 8.42 Å². The van der Waals surface area contributed by atoms with Gasteiger partial charge in [0.25, 0.3) is 10.0 Å². The van der Waals surface area contributed by atoms with Gasteiger partial charge >= 0.3 is 0 Å². The summed E-state index contributed by atoms with van der Waals surface area (Å²) < 4.78 is 32.9.